The minimum atomic E-state index is 0.112. The molecular weight excluding hydrogens is 232 g/mol. The van der Waals surface area contributed by atoms with Crippen LogP contribution >= 0.6 is 0 Å². The van der Waals surface area contributed by atoms with Gasteiger partial charge in [-0.15, -0.1) is 0 Å². The number of hydrogen-bond acceptors (Lipinski definition) is 0. The van der Waals surface area contributed by atoms with Crippen LogP contribution in [-0.4, -0.2) is 6.61 Å². The smallest absolute Gasteiger partial charge is 0.0822 e. The Morgan fingerprint density at radius 2 is 1.00 bits per heavy atom. The molecule has 0 amide bonds. The van der Waals surface area contributed by atoms with Gasteiger partial charge in [0.05, 0.1) is 6.61 Å². The molecule has 19 heavy (non-hydrogen) atoms. The maximum absolute atomic E-state index is 10.3. The molecule has 0 aliphatic carbocycles. The summed E-state index contributed by atoms with van der Waals surface area (Å²) in [5, 5.41) is 10.3. The first-order valence-electron chi connectivity index (χ1n) is 8.65. The van der Waals surface area contributed by atoms with Crippen molar-refractivity contribution in [3.8, 4) is 0 Å². The van der Waals surface area contributed by atoms with Crippen LogP contribution in [0.5, 0.6) is 0 Å². The van der Waals surface area contributed by atoms with Gasteiger partial charge in [-0.1, -0.05) is 76.9 Å². The molecule has 0 N–H and O–H groups in total. The quantitative estimate of drug-likeness (QED) is 0.240. The van der Waals surface area contributed by atoms with Crippen LogP contribution in [0, 0.1) is 0 Å². The van der Waals surface area contributed by atoms with Crippen molar-refractivity contribution in [3.63, 3.8) is 0 Å². The zero-order valence-electron chi connectivity index (χ0n) is 13.2. The summed E-state index contributed by atoms with van der Waals surface area (Å²) < 4.78 is 0. The number of hydrogen-bond donors (Lipinski definition) is 0. The van der Waals surface area contributed by atoms with Gasteiger partial charge in [-0.2, -0.15) is 0 Å². The van der Waals surface area contributed by atoms with Crippen molar-refractivity contribution in [2.45, 2.75) is 96.8 Å². The lowest BCUT2D eigenvalue weighted by Crippen LogP contribution is -1.82. The lowest BCUT2D eigenvalue weighted by atomic mass is 10.1. The van der Waals surface area contributed by atoms with E-state index in [1.165, 1.54) is 77.0 Å². The van der Waals surface area contributed by atoms with Gasteiger partial charge in [0.1, 0.15) is 0 Å². The van der Waals surface area contributed by atoms with Crippen LogP contribution in [0.4, 0.5) is 0 Å². The third-order valence-corrected chi connectivity index (χ3v) is 3.66. The molecule has 113 valence electrons. The lowest BCUT2D eigenvalue weighted by Gasteiger charge is -1.99. The summed E-state index contributed by atoms with van der Waals surface area (Å²) in [7, 11) is 0. The normalized spacial score (nSPS) is 11.5. The maximum Gasteiger partial charge on any atom is 0.0822 e. The Morgan fingerprint density at radius 3 is 1.47 bits per heavy atom. The van der Waals surface area contributed by atoms with Gasteiger partial charge in [-0.25, -0.2) is 5.11 Å². The number of rotatable bonds is 15. The molecule has 0 fully saturated rings. The van der Waals surface area contributed by atoms with E-state index in [1.54, 1.807) is 0 Å². The zero-order valence-corrected chi connectivity index (χ0v) is 13.2. The highest BCUT2D eigenvalue weighted by Gasteiger charge is 1.90. The van der Waals surface area contributed by atoms with Crippen molar-refractivity contribution in [1.82, 2.24) is 0 Å². The summed E-state index contributed by atoms with van der Waals surface area (Å²) in [5.41, 5.74) is 0. The van der Waals surface area contributed by atoms with Crippen LogP contribution in [-0.2, 0) is 5.11 Å². The summed E-state index contributed by atoms with van der Waals surface area (Å²) in [5.74, 6) is 0. The molecule has 1 heteroatoms. The molecule has 0 aliphatic heterocycles. The van der Waals surface area contributed by atoms with Crippen LogP contribution in [0.25, 0.3) is 0 Å². The third kappa shape index (κ3) is 17.7. The minimum absolute atomic E-state index is 0.112. The standard InChI is InChI=1S/C18H35O/c1-2-3-4-5-6-7-8-9-10-11-12-13-14-15-16-17-18-19/h9-10H,2-8,11-18H2,1H3/b10-9-. The Hall–Kier alpha value is -0.300. The van der Waals surface area contributed by atoms with Gasteiger partial charge in [0, 0.05) is 0 Å². The van der Waals surface area contributed by atoms with Crippen molar-refractivity contribution >= 4 is 0 Å². The van der Waals surface area contributed by atoms with Gasteiger partial charge in [0.25, 0.3) is 0 Å². The summed E-state index contributed by atoms with van der Waals surface area (Å²) in [6.45, 7) is 2.38. The SMILES string of the molecule is CCCCCCCC/C=C\CCCCCCCC[O]. The van der Waals surface area contributed by atoms with Crippen molar-refractivity contribution in [1.29, 1.82) is 0 Å². The van der Waals surface area contributed by atoms with Gasteiger partial charge in [-0.3, -0.25) is 0 Å². The van der Waals surface area contributed by atoms with Gasteiger partial charge in [-0.05, 0) is 32.1 Å². The maximum atomic E-state index is 10.3. The molecule has 0 aromatic carbocycles. The van der Waals surface area contributed by atoms with Gasteiger partial charge >= 0.3 is 0 Å². The Kier molecular flexibility index (Phi) is 17.4. The van der Waals surface area contributed by atoms with Crippen LogP contribution in [0.1, 0.15) is 96.8 Å². The molecule has 0 aromatic heterocycles. The minimum Gasteiger partial charge on any atom is -0.237 e. The molecule has 0 rings (SSSR count). The third-order valence-electron chi connectivity index (χ3n) is 3.66. The molecule has 0 spiro atoms. The molecule has 0 aromatic rings. The predicted molar refractivity (Wildman–Crippen MR) is 85.0 cm³/mol. The Bertz CT molecular complexity index is 175. The van der Waals surface area contributed by atoms with E-state index in [9.17, 15) is 5.11 Å². The highest BCUT2D eigenvalue weighted by molar-refractivity contribution is 4.81. The average Bonchev–Trinajstić information content (AvgIpc) is 2.43. The Balaban J connectivity index is 3.01. The van der Waals surface area contributed by atoms with E-state index in [-0.39, 0.29) is 6.61 Å². The van der Waals surface area contributed by atoms with Crippen molar-refractivity contribution in [3.05, 3.63) is 12.2 Å². The first kappa shape index (κ1) is 18.7. The van der Waals surface area contributed by atoms with E-state index in [2.05, 4.69) is 19.1 Å². The van der Waals surface area contributed by atoms with Crippen molar-refractivity contribution in [2.24, 2.45) is 0 Å². The summed E-state index contributed by atoms with van der Waals surface area (Å²) in [4.78, 5) is 0. The van der Waals surface area contributed by atoms with E-state index >= 15 is 0 Å². The molecule has 1 radical (unpaired) electrons. The predicted octanol–water partition coefficient (Wildman–Crippen LogP) is 6.45. The molecular formula is C18H35O. The first-order chi connectivity index (χ1) is 9.41. The monoisotopic (exact) mass is 267 g/mol. The largest absolute Gasteiger partial charge is 0.237 e. The molecule has 0 atom stereocenters. The average molecular weight is 267 g/mol. The Morgan fingerprint density at radius 1 is 0.579 bits per heavy atom. The fourth-order valence-corrected chi connectivity index (χ4v) is 2.35. The van der Waals surface area contributed by atoms with E-state index in [4.69, 9.17) is 0 Å². The highest BCUT2D eigenvalue weighted by Crippen LogP contribution is 2.09. The topological polar surface area (TPSA) is 19.9 Å². The van der Waals surface area contributed by atoms with E-state index < -0.39 is 0 Å². The second kappa shape index (κ2) is 17.7. The zero-order chi connectivity index (χ0) is 14.0. The second-order valence-corrected chi connectivity index (χ2v) is 5.64. The molecule has 0 heterocycles. The molecule has 0 saturated carbocycles. The van der Waals surface area contributed by atoms with E-state index in [0.29, 0.717) is 0 Å². The Labute approximate surface area is 121 Å². The number of unbranched alkanes of at least 4 members (excludes halogenated alkanes) is 12. The first-order valence-corrected chi connectivity index (χ1v) is 8.65. The van der Waals surface area contributed by atoms with Gasteiger partial charge in [0.2, 0.25) is 0 Å². The fourth-order valence-electron chi connectivity index (χ4n) is 2.35. The van der Waals surface area contributed by atoms with Crippen molar-refractivity contribution < 1.29 is 5.11 Å². The van der Waals surface area contributed by atoms with Crippen LogP contribution in [0.15, 0.2) is 12.2 Å². The van der Waals surface area contributed by atoms with E-state index in [1.807, 2.05) is 0 Å². The van der Waals surface area contributed by atoms with E-state index in [0.717, 1.165) is 12.8 Å². The number of allylic oxidation sites excluding steroid dienone is 2. The van der Waals surface area contributed by atoms with Gasteiger partial charge in [0.15, 0.2) is 0 Å². The summed E-state index contributed by atoms with van der Waals surface area (Å²) in [6, 6.07) is 0. The van der Waals surface area contributed by atoms with Crippen LogP contribution < -0.4 is 0 Å². The molecule has 1 nitrogen and oxygen atoms in total. The second-order valence-electron chi connectivity index (χ2n) is 5.64. The highest BCUT2D eigenvalue weighted by atomic mass is 16.2. The summed E-state index contributed by atoms with van der Waals surface area (Å²) >= 11 is 0. The molecule has 0 saturated heterocycles. The molecule has 0 unspecified atom stereocenters. The summed E-state index contributed by atoms with van der Waals surface area (Å²) in [6.07, 6.45) is 22.9. The fraction of sp³-hybridized carbons (Fsp3) is 0.889. The lowest BCUT2D eigenvalue weighted by molar-refractivity contribution is 0.186. The molecule has 0 bridgehead atoms. The van der Waals surface area contributed by atoms with Crippen molar-refractivity contribution in [2.75, 3.05) is 6.61 Å². The van der Waals surface area contributed by atoms with Crippen LogP contribution in [0.2, 0.25) is 0 Å². The van der Waals surface area contributed by atoms with Gasteiger partial charge < -0.3 is 0 Å². The molecule has 0 aliphatic rings. The van der Waals surface area contributed by atoms with Crippen LogP contribution in [0.3, 0.4) is 0 Å².